The van der Waals surface area contributed by atoms with Crippen molar-refractivity contribution >= 4 is 0 Å². The van der Waals surface area contributed by atoms with Crippen LogP contribution in [0.1, 0.15) is 11.1 Å². The topological polar surface area (TPSA) is 57.2 Å². The molecule has 1 aromatic carbocycles. The molecule has 1 rings (SSSR count). The van der Waals surface area contributed by atoms with Crippen molar-refractivity contribution in [3.05, 3.63) is 29.3 Å². The van der Waals surface area contributed by atoms with E-state index in [0.29, 0.717) is 39.6 Å². The quantitative estimate of drug-likeness (QED) is 0.625. The summed E-state index contributed by atoms with van der Waals surface area (Å²) in [5.41, 5.74) is 1.85. The fourth-order valence-corrected chi connectivity index (χ4v) is 1.66. The number of rotatable bonds is 11. The maximum Gasteiger partial charge on any atom is 0.122 e. The minimum absolute atomic E-state index is 0.0261. The van der Waals surface area contributed by atoms with Crippen LogP contribution in [0.4, 0.5) is 0 Å². The van der Waals surface area contributed by atoms with Gasteiger partial charge in [0.05, 0.1) is 39.6 Å². The Labute approximate surface area is 120 Å². The summed E-state index contributed by atoms with van der Waals surface area (Å²) < 4.78 is 21.2. The van der Waals surface area contributed by atoms with E-state index in [4.69, 9.17) is 18.9 Å². The van der Waals surface area contributed by atoms with Gasteiger partial charge < -0.3 is 24.1 Å². The van der Waals surface area contributed by atoms with E-state index >= 15 is 0 Å². The number of hydrogen-bond acceptors (Lipinski definition) is 5. The molecule has 0 aromatic heterocycles. The van der Waals surface area contributed by atoms with Crippen LogP contribution in [0.25, 0.3) is 0 Å². The molecule has 0 aliphatic carbocycles. The summed E-state index contributed by atoms with van der Waals surface area (Å²) in [6.45, 7) is 5.24. The number of benzene rings is 1. The lowest BCUT2D eigenvalue weighted by Gasteiger charge is -2.11. The smallest absolute Gasteiger partial charge is 0.122 e. The standard InChI is InChI=1S/C15H24O5/c1-13-14(12-16)4-3-5-15(13)20-11-10-19-9-8-18-7-6-17-2/h3-5,16H,6-12H2,1-2H3. The van der Waals surface area contributed by atoms with Crippen LogP contribution < -0.4 is 4.74 Å². The molecule has 0 aliphatic rings. The molecule has 0 atom stereocenters. The normalized spacial score (nSPS) is 10.8. The summed E-state index contributed by atoms with van der Waals surface area (Å²) in [5.74, 6) is 0.788. The number of hydrogen-bond donors (Lipinski definition) is 1. The van der Waals surface area contributed by atoms with Crippen molar-refractivity contribution in [2.45, 2.75) is 13.5 Å². The first-order valence-electron chi connectivity index (χ1n) is 6.76. The molecule has 5 heteroatoms. The van der Waals surface area contributed by atoms with Gasteiger partial charge >= 0.3 is 0 Å². The lowest BCUT2D eigenvalue weighted by Crippen LogP contribution is -2.12. The molecule has 0 fully saturated rings. The van der Waals surface area contributed by atoms with Crippen molar-refractivity contribution in [2.75, 3.05) is 46.8 Å². The summed E-state index contributed by atoms with van der Waals surface area (Å²) in [7, 11) is 1.64. The number of aliphatic hydroxyl groups excluding tert-OH is 1. The van der Waals surface area contributed by atoms with Crippen molar-refractivity contribution < 1.29 is 24.1 Å². The SMILES string of the molecule is COCCOCCOCCOc1cccc(CO)c1C. The van der Waals surface area contributed by atoms with Gasteiger partial charge in [-0.05, 0) is 24.1 Å². The zero-order valence-electron chi connectivity index (χ0n) is 12.3. The summed E-state index contributed by atoms with van der Waals surface area (Å²) in [6, 6.07) is 5.65. The lowest BCUT2D eigenvalue weighted by atomic mass is 10.1. The van der Waals surface area contributed by atoms with Crippen LogP contribution in [0.15, 0.2) is 18.2 Å². The molecule has 0 heterocycles. The van der Waals surface area contributed by atoms with Gasteiger partial charge in [0, 0.05) is 7.11 Å². The minimum Gasteiger partial charge on any atom is -0.491 e. The van der Waals surface area contributed by atoms with Crippen molar-refractivity contribution in [1.29, 1.82) is 0 Å². The van der Waals surface area contributed by atoms with Crippen LogP contribution in [0.5, 0.6) is 5.75 Å². The summed E-state index contributed by atoms with van der Waals surface area (Å²) >= 11 is 0. The Balaban J connectivity index is 2.09. The van der Waals surface area contributed by atoms with E-state index in [2.05, 4.69) is 0 Å². The Kier molecular flexibility index (Phi) is 8.98. The van der Waals surface area contributed by atoms with Gasteiger partial charge in [0.1, 0.15) is 12.4 Å². The first-order valence-corrected chi connectivity index (χ1v) is 6.76. The van der Waals surface area contributed by atoms with Gasteiger partial charge in [0.2, 0.25) is 0 Å². The van der Waals surface area contributed by atoms with Crippen LogP contribution >= 0.6 is 0 Å². The summed E-state index contributed by atoms with van der Waals surface area (Å²) in [4.78, 5) is 0. The first-order chi connectivity index (χ1) is 9.79. The highest BCUT2D eigenvalue weighted by Gasteiger charge is 2.03. The summed E-state index contributed by atoms with van der Waals surface area (Å²) in [5, 5.41) is 9.17. The molecule has 0 saturated heterocycles. The van der Waals surface area contributed by atoms with E-state index in [1.54, 1.807) is 7.11 Å². The lowest BCUT2D eigenvalue weighted by molar-refractivity contribution is 0.0179. The maximum atomic E-state index is 9.17. The Hall–Kier alpha value is -1.14. The average Bonchev–Trinajstić information content (AvgIpc) is 2.47. The highest BCUT2D eigenvalue weighted by Crippen LogP contribution is 2.21. The molecule has 0 amide bonds. The second kappa shape index (κ2) is 10.6. The first kappa shape index (κ1) is 16.9. The Morgan fingerprint density at radius 3 is 2.25 bits per heavy atom. The molecule has 114 valence electrons. The Morgan fingerprint density at radius 1 is 0.950 bits per heavy atom. The molecular weight excluding hydrogens is 260 g/mol. The molecule has 20 heavy (non-hydrogen) atoms. The highest BCUT2D eigenvalue weighted by atomic mass is 16.6. The molecule has 0 unspecified atom stereocenters. The fraction of sp³-hybridized carbons (Fsp3) is 0.600. The highest BCUT2D eigenvalue weighted by molar-refractivity contribution is 5.38. The van der Waals surface area contributed by atoms with Gasteiger partial charge in [-0.25, -0.2) is 0 Å². The van der Waals surface area contributed by atoms with Crippen LogP contribution in [0.3, 0.4) is 0 Å². The van der Waals surface area contributed by atoms with Crippen LogP contribution in [-0.4, -0.2) is 51.9 Å². The monoisotopic (exact) mass is 284 g/mol. The maximum absolute atomic E-state index is 9.17. The molecule has 0 spiro atoms. The molecule has 0 aliphatic heterocycles. The largest absolute Gasteiger partial charge is 0.491 e. The van der Waals surface area contributed by atoms with Gasteiger partial charge in [-0.3, -0.25) is 0 Å². The number of ether oxygens (including phenoxy) is 4. The summed E-state index contributed by atoms with van der Waals surface area (Å²) in [6.07, 6.45) is 0. The molecular formula is C15H24O5. The van der Waals surface area contributed by atoms with E-state index in [-0.39, 0.29) is 6.61 Å². The predicted molar refractivity (Wildman–Crippen MR) is 76.1 cm³/mol. The van der Waals surface area contributed by atoms with Crippen molar-refractivity contribution in [2.24, 2.45) is 0 Å². The van der Waals surface area contributed by atoms with E-state index < -0.39 is 0 Å². The van der Waals surface area contributed by atoms with Gasteiger partial charge in [-0.2, -0.15) is 0 Å². The van der Waals surface area contributed by atoms with Crippen LogP contribution in [0.2, 0.25) is 0 Å². The second-order valence-electron chi connectivity index (χ2n) is 4.26. The van der Waals surface area contributed by atoms with Gasteiger partial charge in [-0.15, -0.1) is 0 Å². The van der Waals surface area contributed by atoms with E-state index in [1.165, 1.54) is 0 Å². The molecule has 1 aromatic rings. The van der Waals surface area contributed by atoms with Crippen molar-refractivity contribution in [1.82, 2.24) is 0 Å². The Morgan fingerprint density at radius 2 is 1.60 bits per heavy atom. The minimum atomic E-state index is 0.0261. The van der Waals surface area contributed by atoms with E-state index in [1.807, 2.05) is 25.1 Å². The van der Waals surface area contributed by atoms with Crippen LogP contribution in [0, 0.1) is 6.92 Å². The van der Waals surface area contributed by atoms with Gasteiger partial charge in [-0.1, -0.05) is 12.1 Å². The van der Waals surface area contributed by atoms with Gasteiger partial charge in [0.25, 0.3) is 0 Å². The van der Waals surface area contributed by atoms with Crippen molar-refractivity contribution in [3.8, 4) is 5.75 Å². The third-order valence-electron chi connectivity index (χ3n) is 2.86. The molecule has 5 nitrogen and oxygen atoms in total. The second-order valence-corrected chi connectivity index (χ2v) is 4.26. The Bertz CT molecular complexity index is 367. The fourth-order valence-electron chi connectivity index (χ4n) is 1.66. The molecule has 0 radical (unpaired) electrons. The predicted octanol–water partition coefficient (Wildman–Crippen LogP) is 1.55. The van der Waals surface area contributed by atoms with E-state index in [0.717, 1.165) is 16.9 Å². The van der Waals surface area contributed by atoms with E-state index in [9.17, 15) is 5.11 Å². The zero-order chi connectivity index (χ0) is 14.6. The molecule has 0 bridgehead atoms. The molecule has 1 N–H and O–H groups in total. The number of aliphatic hydroxyl groups is 1. The average molecular weight is 284 g/mol. The van der Waals surface area contributed by atoms with Gasteiger partial charge in [0.15, 0.2) is 0 Å². The molecule has 0 saturated carbocycles. The third kappa shape index (κ3) is 6.34. The van der Waals surface area contributed by atoms with Crippen LogP contribution in [-0.2, 0) is 20.8 Å². The zero-order valence-corrected chi connectivity index (χ0v) is 12.3. The van der Waals surface area contributed by atoms with Crippen molar-refractivity contribution in [3.63, 3.8) is 0 Å². The number of methoxy groups -OCH3 is 1. The third-order valence-corrected chi connectivity index (χ3v) is 2.86.